The molecule has 3 aliphatic rings. The van der Waals surface area contributed by atoms with E-state index in [4.69, 9.17) is 0 Å². The zero-order valence-electron chi connectivity index (χ0n) is 27.9. The first-order valence-corrected chi connectivity index (χ1v) is 16.9. The van der Waals surface area contributed by atoms with Gasteiger partial charge in [0.05, 0.1) is 17.5 Å². The smallest absolute Gasteiger partial charge is 0.130 e. The maximum absolute atomic E-state index is 11.5. The lowest BCUT2D eigenvalue weighted by Crippen LogP contribution is -2.57. The fraction of sp³-hybridized carbons (Fsp3) is 0.125. The van der Waals surface area contributed by atoms with Crippen LogP contribution in [0.1, 0.15) is 28.2 Å². The lowest BCUT2D eigenvalue weighted by atomic mass is 9.34. The molecule has 8 rings (SSSR count). The van der Waals surface area contributed by atoms with Crippen LogP contribution in [0.25, 0.3) is 16.7 Å². The molecule has 0 spiro atoms. The number of allylic oxidation sites excluding steroid dienone is 5. The molecule has 3 atom stereocenters. The third-order valence-electron chi connectivity index (χ3n) is 11.0. The summed E-state index contributed by atoms with van der Waals surface area (Å²) in [6.07, 6.45) is 12.7. The SMILES string of the molecule is BC(B)(O)C(B)(B)C1Nc2ccccc2N1c1ccccc1C1c2ccccc2C(c2ccccc2-c2cccnc2)=C2C=CC=CC21. The number of fused-ring (bicyclic) bond motifs is 3. The normalized spacial score (nSPS) is 19.8. The summed E-state index contributed by atoms with van der Waals surface area (Å²) in [4.78, 5) is 6.89. The minimum Gasteiger partial charge on any atom is -0.408 e. The molecular weight excluding hydrogens is 582 g/mol. The van der Waals surface area contributed by atoms with Crippen LogP contribution in [-0.4, -0.2) is 53.0 Å². The van der Waals surface area contributed by atoms with Gasteiger partial charge in [0.1, 0.15) is 31.4 Å². The molecule has 0 radical (unpaired) electrons. The highest BCUT2D eigenvalue weighted by atomic mass is 16.3. The predicted molar refractivity (Wildman–Crippen MR) is 210 cm³/mol. The largest absolute Gasteiger partial charge is 0.408 e. The third kappa shape index (κ3) is 4.81. The summed E-state index contributed by atoms with van der Waals surface area (Å²) < 4.78 is 0. The van der Waals surface area contributed by atoms with E-state index in [0.717, 1.165) is 22.6 Å². The second kappa shape index (κ2) is 11.6. The molecule has 8 heteroatoms. The number of nitrogens with zero attached hydrogens (tertiary/aromatic N) is 2. The molecule has 1 aliphatic heterocycles. The van der Waals surface area contributed by atoms with Gasteiger partial charge in [0.2, 0.25) is 0 Å². The van der Waals surface area contributed by atoms with Crippen molar-refractivity contribution in [2.24, 2.45) is 5.92 Å². The van der Waals surface area contributed by atoms with Crippen LogP contribution in [0.2, 0.25) is 5.21 Å². The molecule has 2 heterocycles. The van der Waals surface area contributed by atoms with Crippen LogP contribution in [0.5, 0.6) is 0 Å². The third-order valence-corrected chi connectivity index (χ3v) is 11.0. The molecule has 2 aliphatic carbocycles. The van der Waals surface area contributed by atoms with Gasteiger partial charge in [-0.1, -0.05) is 109 Å². The molecule has 2 N–H and O–H groups in total. The van der Waals surface area contributed by atoms with E-state index >= 15 is 0 Å². The average molecular weight is 619 g/mol. The molecule has 230 valence electrons. The lowest BCUT2D eigenvalue weighted by Gasteiger charge is -2.48. The van der Waals surface area contributed by atoms with Crippen LogP contribution in [0.4, 0.5) is 17.1 Å². The van der Waals surface area contributed by atoms with Gasteiger partial charge in [-0.15, -0.1) is 0 Å². The second-order valence-electron chi connectivity index (χ2n) is 14.2. The van der Waals surface area contributed by atoms with Crippen molar-refractivity contribution in [2.45, 2.75) is 22.7 Å². The van der Waals surface area contributed by atoms with Crippen molar-refractivity contribution < 1.29 is 5.11 Å². The van der Waals surface area contributed by atoms with Gasteiger partial charge in [0.25, 0.3) is 0 Å². The van der Waals surface area contributed by atoms with Gasteiger partial charge in [-0.2, -0.15) is 0 Å². The fourth-order valence-electron chi connectivity index (χ4n) is 7.81. The minimum atomic E-state index is -0.944. The van der Waals surface area contributed by atoms with E-state index < -0.39 is 10.6 Å². The molecule has 0 saturated heterocycles. The highest BCUT2D eigenvalue weighted by Crippen LogP contribution is 2.55. The molecule has 1 aromatic heterocycles. The summed E-state index contributed by atoms with van der Waals surface area (Å²) in [7, 11) is 8.15. The molecule has 48 heavy (non-hydrogen) atoms. The maximum Gasteiger partial charge on any atom is 0.130 e. The number of nitrogens with one attached hydrogen (secondary N) is 1. The van der Waals surface area contributed by atoms with Crippen molar-refractivity contribution >= 4 is 54.0 Å². The Bertz CT molecular complexity index is 2120. The number of hydrogen-bond donors (Lipinski definition) is 2. The molecule has 0 fully saturated rings. The summed E-state index contributed by atoms with van der Waals surface area (Å²) >= 11 is 0. The molecular formula is C40H37B4N3O. The van der Waals surface area contributed by atoms with E-state index in [1.165, 1.54) is 39.0 Å². The van der Waals surface area contributed by atoms with E-state index in [-0.39, 0.29) is 18.0 Å². The Morgan fingerprint density at radius 1 is 0.688 bits per heavy atom. The lowest BCUT2D eigenvalue weighted by molar-refractivity contribution is 0.181. The number of rotatable bonds is 6. The molecule has 3 unspecified atom stereocenters. The fourth-order valence-corrected chi connectivity index (χ4v) is 7.81. The van der Waals surface area contributed by atoms with Gasteiger partial charge in [-0.25, -0.2) is 0 Å². The Morgan fingerprint density at radius 2 is 1.35 bits per heavy atom. The van der Waals surface area contributed by atoms with Crippen LogP contribution < -0.4 is 10.2 Å². The van der Waals surface area contributed by atoms with Crippen molar-refractivity contribution in [1.29, 1.82) is 0 Å². The molecule has 0 saturated carbocycles. The summed E-state index contributed by atoms with van der Waals surface area (Å²) in [6.45, 7) is 0. The van der Waals surface area contributed by atoms with Crippen LogP contribution in [0.15, 0.2) is 151 Å². The number of pyridine rings is 1. The molecule has 5 aromatic rings. The van der Waals surface area contributed by atoms with E-state index in [1.54, 1.807) is 0 Å². The Morgan fingerprint density at radius 3 is 2.10 bits per heavy atom. The Kier molecular flexibility index (Phi) is 7.38. The monoisotopic (exact) mass is 619 g/mol. The van der Waals surface area contributed by atoms with E-state index in [0.29, 0.717) is 0 Å². The van der Waals surface area contributed by atoms with Gasteiger partial charge >= 0.3 is 0 Å². The molecule has 0 bridgehead atoms. The standard InChI is InChI=1S/C40H37B4N3O/c41-39(42,40(43,44)48)38-46-33-20-8-10-22-35(33)47(38)34-21-9-7-19-32(34)37-30-17-5-3-15-28(30)36(29-16-4-6-18-31(29)37)27-14-2-1-13-26(27)25-12-11-23-45-24-25/h1-24,30,37-38,46,48H,41-44H2. The van der Waals surface area contributed by atoms with Gasteiger partial charge in [-0.05, 0) is 73.8 Å². The first-order valence-electron chi connectivity index (χ1n) is 16.9. The van der Waals surface area contributed by atoms with Crippen molar-refractivity contribution in [3.8, 4) is 11.1 Å². The summed E-state index contributed by atoms with van der Waals surface area (Å²) in [6, 6.07) is 39.2. The Labute approximate surface area is 287 Å². The Balaban J connectivity index is 1.35. The van der Waals surface area contributed by atoms with Gasteiger partial charge in [-0.3, -0.25) is 4.98 Å². The first-order chi connectivity index (χ1) is 23.3. The topological polar surface area (TPSA) is 48.4 Å². The van der Waals surface area contributed by atoms with Crippen LogP contribution in [-0.2, 0) is 0 Å². The van der Waals surface area contributed by atoms with Gasteiger partial charge in [0, 0.05) is 35.5 Å². The molecule has 4 nitrogen and oxygen atoms in total. The molecule has 4 aromatic carbocycles. The highest BCUT2D eigenvalue weighted by molar-refractivity contribution is 6.54. The van der Waals surface area contributed by atoms with E-state index in [9.17, 15) is 5.11 Å². The number of hydrogen-bond acceptors (Lipinski definition) is 4. The van der Waals surface area contributed by atoms with Crippen molar-refractivity contribution in [3.05, 3.63) is 174 Å². The van der Waals surface area contributed by atoms with E-state index in [1.807, 2.05) is 34.2 Å². The number of aromatic nitrogens is 1. The van der Waals surface area contributed by atoms with E-state index in [2.05, 4.69) is 158 Å². The highest BCUT2D eigenvalue weighted by Gasteiger charge is 2.48. The van der Waals surface area contributed by atoms with Crippen LogP contribution in [0, 0.1) is 5.92 Å². The number of aliphatic hydroxyl groups is 1. The van der Waals surface area contributed by atoms with Crippen molar-refractivity contribution in [1.82, 2.24) is 4.98 Å². The Hall–Kier alpha value is -4.93. The van der Waals surface area contributed by atoms with Crippen LogP contribution in [0.3, 0.4) is 0 Å². The summed E-state index contributed by atoms with van der Waals surface area (Å²) in [5.74, 6) is 0.191. The first kappa shape index (κ1) is 30.4. The number of benzene rings is 4. The maximum atomic E-state index is 11.5. The predicted octanol–water partition coefficient (Wildman–Crippen LogP) is 4.62. The quantitative estimate of drug-likeness (QED) is 0.273. The minimum absolute atomic E-state index is 0.0709. The zero-order chi connectivity index (χ0) is 33.0. The number of anilines is 3. The molecule has 0 amide bonds. The van der Waals surface area contributed by atoms with Crippen molar-refractivity contribution in [2.75, 3.05) is 10.2 Å². The summed E-state index contributed by atoms with van der Waals surface area (Å²) in [5.41, 5.74) is 13.3. The van der Waals surface area contributed by atoms with Gasteiger partial charge in [0.15, 0.2) is 0 Å². The van der Waals surface area contributed by atoms with Crippen LogP contribution >= 0.6 is 0 Å². The second-order valence-corrected chi connectivity index (χ2v) is 14.2. The summed E-state index contributed by atoms with van der Waals surface area (Å²) in [5, 5.41) is 13.9. The average Bonchev–Trinajstić information content (AvgIpc) is 3.51. The zero-order valence-corrected chi connectivity index (χ0v) is 27.9. The van der Waals surface area contributed by atoms with Crippen molar-refractivity contribution in [3.63, 3.8) is 0 Å². The van der Waals surface area contributed by atoms with Gasteiger partial charge < -0.3 is 15.3 Å². The number of para-hydroxylation sites is 3.